The van der Waals surface area contributed by atoms with Crippen LogP contribution in [0.15, 0.2) is 24.3 Å². The molecule has 14 N–H and O–H groups in total. The molecule has 8 nitrogen and oxygen atoms in total. The largest absolute Gasteiger partial charge is 0.507 e. The van der Waals surface area contributed by atoms with Crippen LogP contribution < -0.4 is 34.4 Å². The second kappa shape index (κ2) is 10.4. The Hall–Kier alpha value is -2.20. The lowest BCUT2D eigenvalue weighted by atomic mass is 9.81. The highest BCUT2D eigenvalue weighted by Gasteiger charge is 2.31. The average Bonchev–Trinajstić information content (AvgIpc) is 2.63. The lowest BCUT2D eigenvalue weighted by Crippen LogP contribution is -2.35. The molecular weight excluding hydrogens is 476 g/mol. The number of phenols is 2. The van der Waals surface area contributed by atoms with Gasteiger partial charge in [-0.3, -0.25) is 0 Å². The zero-order chi connectivity index (χ0) is 30.4. The number of aromatic hydroxyl groups is 2. The highest BCUT2D eigenvalue weighted by Crippen LogP contribution is 2.39. The smallest absolute Gasteiger partial charge is 0.125 e. The molecular formula is C30H54N6O2. The Balaban J connectivity index is 0.000000380. The Morgan fingerprint density at radius 1 is 0.368 bits per heavy atom. The molecule has 8 heteroatoms. The maximum Gasteiger partial charge on any atom is 0.125 e. The fraction of sp³-hybridized carbons (Fsp3) is 0.600. The average molecular weight is 531 g/mol. The lowest BCUT2D eigenvalue weighted by Gasteiger charge is -2.31. The van der Waals surface area contributed by atoms with Gasteiger partial charge in [-0.25, -0.2) is 0 Å². The summed E-state index contributed by atoms with van der Waals surface area (Å²) in [4.78, 5) is 0. The van der Waals surface area contributed by atoms with E-state index in [0.717, 1.165) is 11.1 Å². The topological polar surface area (TPSA) is 197 Å². The van der Waals surface area contributed by atoms with E-state index in [1.165, 1.54) is 0 Å². The summed E-state index contributed by atoms with van der Waals surface area (Å²) in [5.74, 6) is 0.320. The van der Waals surface area contributed by atoms with Crippen LogP contribution in [0.5, 0.6) is 11.5 Å². The molecule has 0 amide bonds. The minimum absolute atomic E-state index is 0.160. The molecule has 0 aliphatic heterocycles. The van der Waals surface area contributed by atoms with Crippen molar-refractivity contribution in [2.45, 2.75) is 116 Å². The quantitative estimate of drug-likeness (QED) is 0.274. The molecule has 0 radical (unpaired) electrons. The van der Waals surface area contributed by atoms with Crippen molar-refractivity contribution in [1.29, 1.82) is 0 Å². The van der Waals surface area contributed by atoms with E-state index in [0.29, 0.717) is 22.3 Å². The van der Waals surface area contributed by atoms with Gasteiger partial charge in [0, 0.05) is 55.5 Å². The number of nitrogens with two attached hydrogens (primary N) is 6. The SMILES string of the molecule is CC(C)(N)c1cc(C(C)(C)N)c(O)c(C(C)(C)N)c1.CC(C)(N)c1cc(C(C)(C)N)c(O)c(C(C)(C)N)c1. The molecule has 0 unspecified atom stereocenters. The van der Waals surface area contributed by atoms with E-state index >= 15 is 0 Å². The van der Waals surface area contributed by atoms with Crippen molar-refractivity contribution in [1.82, 2.24) is 0 Å². The maximum absolute atomic E-state index is 10.4. The molecule has 38 heavy (non-hydrogen) atoms. The van der Waals surface area contributed by atoms with Crippen molar-refractivity contribution in [3.8, 4) is 11.5 Å². The first-order valence-corrected chi connectivity index (χ1v) is 13.0. The minimum Gasteiger partial charge on any atom is -0.507 e. The predicted molar refractivity (Wildman–Crippen MR) is 159 cm³/mol. The molecule has 0 spiro atoms. The Morgan fingerprint density at radius 3 is 0.632 bits per heavy atom. The van der Waals surface area contributed by atoms with Crippen LogP contribution in [0.3, 0.4) is 0 Å². The van der Waals surface area contributed by atoms with Gasteiger partial charge in [0.1, 0.15) is 11.5 Å². The molecule has 0 saturated carbocycles. The number of rotatable bonds is 6. The van der Waals surface area contributed by atoms with E-state index in [1.807, 2.05) is 107 Å². The van der Waals surface area contributed by atoms with Crippen molar-refractivity contribution in [2.75, 3.05) is 0 Å². The summed E-state index contributed by atoms with van der Waals surface area (Å²) < 4.78 is 0. The van der Waals surface area contributed by atoms with Crippen molar-refractivity contribution in [2.24, 2.45) is 34.4 Å². The third kappa shape index (κ3) is 8.40. The van der Waals surface area contributed by atoms with Crippen molar-refractivity contribution >= 4 is 0 Å². The number of phenolic OH excluding ortho intramolecular Hbond substituents is 2. The second-order valence-corrected chi connectivity index (χ2v) is 14.2. The molecule has 0 aromatic heterocycles. The summed E-state index contributed by atoms with van der Waals surface area (Å²) in [5.41, 5.74) is 37.7. The first-order chi connectivity index (χ1) is 16.5. The second-order valence-electron chi connectivity index (χ2n) is 14.2. The van der Waals surface area contributed by atoms with Crippen LogP contribution in [0.2, 0.25) is 0 Å². The molecule has 0 atom stereocenters. The van der Waals surface area contributed by atoms with Crippen LogP contribution in [-0.4, -0.2) is 10.2 Å². The lowest BCUT2D eigenvalue weighted by molar-refractivity contribution is 0.410. The number of hydrogen-bond donors (Lipinski definition) is 8. The monoisotopic (exact) mass is 530 g/mol. The zero-order valence-corrected chi connectivity index (χ0v) is 25.7. The molecule has 0 heterocycles. The van der Waals surface area contributed by atoms with E-state index in [2.05, 4.69) is 0 Å². The van der Waals surface area contributed by atoms with Gasteiger partial charge in [0.2, 0.25) is 0 Å². The van der Waals surface area contributed by atoms with Crippen LogP contribution in [0.4, 0.5) is 0 Å². The van der Waals surface area contributed by atoms with Crippen LogP contribution in [0.1, 0.15) is 116 Å². The maximum atomic E-state index is 10.4. The molecule has 0 fully saturated rings. The molecule has 2 aromatic rings. The van der Waals surface area contributed by atoms with Crippen LogP contribution in [0, 0.1) is 0 Å². The van der Waals surface area contributed by atoms with Gasteiger partial charge in [-0.1, -0.05) is 0 Å². The van der Waals surface area contributed by atoms with Crippen molar-refractivity contribution in [3.63, 3.8) is 0 Å². The van der Waals surface area contributed by atoms with Gasteiger partial charge in [-0.05, 0) is 118 Å². The van der Waals surface area contributed by atoms with Crippen molar-refractivity contribution in [3.05, 3.63) is 57.6 Å². The van der Waals surface area contributed by atoms with Crippen LogP contribution in [0.25, 0.3) is 0 Å². The molecule has 0 bridgehead atoms. The van der Waals surface area contributed by atoms with Gasteiger partial charge >= 0.3 is 0 Å². The molecule has 2 aromatic carbocycles. The number of benzene rings is 2. The third-order valence-electron chi connectivity index (χ3n) is 6.48. The molecule has 0 saturated heterocycles. The molecule has 0 aliphatic carbocycles. The summed E-state index contributed by atoms with van der Waals surface area (Å²) in [6, 6.07) is 7.46. The molecule has 0 aliphatic rings. The molecule has 2 rings (SSSR count). The highest BCUT2D eigenvalue weighted by molar-refractivity contribution is 5.52. The predicted octanol–water partition coefficient (Wildman–Crippen LogP) is 3.95. The van der Waals surface area contributed by atoms with E-state index in [1.54, 1.807) is 0 Å². The van der Waals surface area contributed by atoms with Gasteiger partial charge in [0.15, 0.2) is 0 Å². The number of hydrogen-bond acceptors (Lipinski definition) is 8. The van der Waals surface area contributed by atoms with Crippen molar-refractivity contribution < 1.29 is 10.2 Å². The summed E-state index contributed by atoms with van der Waals surface area (Å²) >= 11 is 0. The first kappa shape index (κ1) is 33.8. The Labute approximate surface area is 230 Å². The minimum atomic E-state index is -0.661. The van der Waals surface area contributed by atoms with Crippen LogP contribution >= 0.6 is 0 Å². The highest BCUT2D eigenvalue weighted by atomic mass is 16.3. The normalized spacial score (nSPS) is 13.7. The Bertz CT molecular complexity index is 969. The molecule has 216 valence electrons. The fourth-order valence-electron chi connectivity index (χ4n) is 3.98. The van der Waals surface area contributed by atoms with E-state index in [-0.39, 0.29) is 11.5 Å². The van der Waals surface area contributed by atoms with Gasteiger partial charge in [0.25, 0.3) is 0 Å². The van der Waals surface area contributed by atoms with E-state index < -0.39 is 33.2 Å². The van der Waals surface area contributed by atoms with E-state index in [9.17, 15) is 10.2 Å². The first-order valence-electron chi connectivity index (χ1n) is 13.0. The summed E-state index contributed by atoms with van der Waals surface area (Å²) in [7, 11) is 0. The van der Waals surface area contributed by atoms with Crippen LogP contribution in [-0.2, 0) is 33.2 Å². The van der Waals surface area contributed by atoms with Gasteiger partial charge in [0.05, 0.1) is 0 Å². The standard InChI is InChI=1S/2C15H27N3O/c2*1-13(2,16)9-7-10(14(3,4)17)12(19)11(8-9)15(5,6)18/h2*7-8,19H,16-18H2,1-6H3. The van der Waals surface area contributed by atoms with E-state index in [4.69, 9.17) is 34.4 Å². The van der Waals surface area contributed by atoms with Gasteiger partial charge < -0.3 is 44.6 Å². The summed E-state index contributed by atoms with van der Waals surface area (Å²) in [5, 5.41) is 20.9. The van der Waals surface area contributed by atoms with Gasteiger partial charge in [-0.15, -0.1) is 0 Å². The Morgan fingerprint density at radius 2 is 0.526 bits per heavy atom. The fourth-order valence-corrected chi connectivity index (χ4v) is 3.98. The zero-order valence-electron chi connectivity index (χ0n) is 25.7. The third-order valence-corrected chi connectivity index (χ3v) is 6.48. The summed E-state index contributed by atoms with van der Waals surface area (Å²) in [6.07, 6.45) is 0. The van der Waals surface area contributed by atoms with Gasteiger partial charge in [-0.2, -0.15) is 0 Å². The summed E-state index contributed by atoms with van der Waals surface area (Å²) in [6.45, 7) is 22.5. The Kier molecular flexibility index (Phi) is 9.27.